The Hall–Kier alpha value is -1.80. The SMILES string of the molecule is COc1ccccc1CCN(CCNC(=O)NC1CCCCC1)S(C)(=O)=O. The fourth-order valence-corrected chi connectivity index (χ4v) is 4.22. The fraction of sp³-hybridized carbons (Fsp3) is 0.632. The fourth-order valence-electron chi connectivity index (χ4n) is 3.38. The second kappa shape index (κ2) is 10.5. The lowest BCUT2D eigenvalue weighted by Crippen LogP contribution is -2.46. The van der Waals surface area contributed by atoms with Crippen LogP contribution >= 0.6 is 0 Å². The molecule has 27 heavy (non-hydrogen) atoms. The molecule has 2 amide bonds. The Bertz CT molecular complexity index is 703. The molecule has 0 heterocycles. The van der Waals surface area contributed by atoms with Crippen LogP contribution in [0.25, 0.3) is 0 Å². The molecule has 152 valence electrons. The van der Waals surface area contributed by atoms with E-state index < -0.39 is 10.0 Å². The lowest BCUT2D eigenvalue weighted by Gasteiger charge is -2.24. The van der Waals surface area contributed by atoms with Gasteiger partial charge in [0.25, 0.3) is 0 Å². The number of amides is 2. The molecule has 1 aliphatic carbocycles. The summed E-state index contributed by atoms with van der Waals surface area (Å²) in [5.74, 6) is 0.746. The molecule has 0 saturated heterocycles. The molecule has 2 rings (SSSR count). The van der Waals surface area contributed by atoms with E-state index in [0.717, 1.165) is 37.0 Å². The van der Waals surface area contributed by atoms with Gasteiger partial charge in [-0.05, 0) is 30.9 Å². The van der Waals surface area contributed by atoms with Gasteiger partial charge in [-0.1, -0.05) is 37.5 Å². The van der Waals surface area contributed by atoms with Gasteiger partial charge in [0.2, 0.25) is 10.0 Å². The number of carbonyl (C=O) groups is 1. The van der Waals surface area contributed by atoms with Crippen molar-refractivity contribution in [2.24, 2.45) is 0 Å². The van der Waals surface area contributed by atoms with Gasteiger partial charge in [0.1, 0.15) is 5.75 Å². The van der Waals surface area contributed by atoms with E-state index in [1.807, 2.05) is 24.3 Å². The minimum Gasteiger partial charge on any atom is -0.496 e. The number of sulfonamides is 1. The van der Waals surface area contributed by atoms with Crippen LogP contribution in [0, 0.1) is 0 Å². The molecular formula is C19H31N3O4S. The first-order chi connectivity index (χ1) is 12.9. The molecule has 0 radical (unpaired) electrons. The lowest BCUT2D eigenvalue weighted by atomic mass is 9.96. The highest BCUT2D eigenvalue weighted by Gasteiger charge is 2.18. The van der Waals surface area contributed by atoms with Crippen molar-refractivity contribution in [1.29, 1.82) is 0 Å². The Morgan fingerprint density at radius 2 is 1.89 bits per heavy atom. The van der Waals surface area contributed by atoms with Gasteiger partial charge >= 0.3 is 6.03 Å². The molecule has 0 bridgehead atoms. The van der Waals surface area contributed by atoms with Crippen molar-refractivity contribution >= 4 is 16.1 Å². The van der Waals surface area contributed by atoms with Crippen LogP contribution in [-0.2, 0) is 16.4 Å². The zero-order valence-electron chi connectivity index (χ0n) is 16.2. The summed E-state index contributed by atoms with van der Waals surface area (Å²) in [4.78, 5) is 12.0. The van der Waals surface area contributed by atoms with E-state index in [1.54, 1.807) is 7.11 Å². The number of ether oxygens (including phenoxy) is 1. The van der Waals surface area contributed by atoms with Crippen molar-refractivity contribution in [2.45, 2.75) is 44.6 Å². The Kier molecular flexibility index (Phi) is 8.37. The molecule has 1 saturated carbocycles. The molecule has 1 aromatic rings. The quantitative estimate of drug-likeness (QED) is 0.668. The van der Waals surface area contributed by atoms with Gasteiger partial charge in [-0.3, -0.25) is 0 Å². The van der Waals surface area contributed by atoms with Crippen molar-refractivity contribution in [3.63, 3.8) is 0 Å². The standard InChI is InChI=1S/C19H31N3O4S/c1-26-18-11-7-6-8-16(18)12-14-22(27(2,24)25)15-13-20-19(23)21-17-9-4-3-5-10-17/h6-8,11,17H,3-5,9-10,12-15H2,1-2H3,(H2,20,21,23). The van der Waals surface area contributed by atoms with Crippen LogP contribution < -0.4 is 15.4 Å². The van der Waals surface area contributed by atoms with E-state index in [9.17, 15) is 13.2 Å². The topological polar surface area (TPSA) is 87.7 Å². The van der Waals surface area contributed by atoms with E-state index in [0.29, 0.717) is 13.0 Å². The third-order valence-corrected chi connectivity index (χ3v) is 6.18. The minimum atomic E-state index is -3.36. The van der Waals surface area contributed by atoms with Gasteiger partial charge in [-0.15, -0.1) is 0 Å². The van der Waals surface area contributed by atoms with Gasteiger partial charge in [0, 0.05) is 25.7 Å². The molecule has 2 N–H and O–H groups in total. The maximum atomic E-state index is 12.1. The molecule has 1 aromatic carbocycles. The molecule has 0 spiro atoms. The first kappa shape index (κ1) is 21.5. The third kappa shape index (κ3) is 7.38. The summed E-state index contributed by atoms with van der Waals surface area (Å²) in [5.41, 5.74) is 0.955. The van der Waals surface area contributed by atoms with E-state index in [1.165, 1.54) is 17.0 Å². The summed E-state index contributed by atoms with van der Waals surface area (Å²) in [6.07, 6.45) is 7.30. The van der Waals surface area contributed by atoms with Crippen molar-refractivity contribution in [3.05, 3.63) is 29.8 Å². The first-order valence-electron chi connectivity index (χ1n) is 9.51. The van der Waals surface area contributed by atoms with Crippen molar-refractivity contribution in [3.8, 4) is 5.75 Å². The van der Waals surface area contributed by atoms with Crippen molar-refractivity contribution in [2.75, 3.05) is 33.0 Å². The van der Waals surface area contributed by atoms with Crippen molar-refractivity contribution in [1.82, 2.24) is 14.9 Å². The number of methoxy groups -OCH3 is 1. The summed E-state index contributed by atoms with van der Waals surface area (Å²) >= 11 is 0. The molecule has 1 aliphatic rings. The van der Waals surface area contributed by atoms with Gasteiger partial charge in [0.15, 0.2) is 0 Å². The van der Waals surface area contributed by atoms with Gasteiger partial charge in [-0.2, -0.15) is 0 Å². The van der Waals surface area contributed by atoms with Crippen LogP contribution in [0.15, 0.2) is 24.3 Å². The van der Waals surface area contributed by atoms with Gasteiger partial charge in [-0.25, -0.2) is 17.5 Å². The highest BCUT2D eigenvalue weighted by atomic mass is 32.2. The number of carbonyl (C=O) groups excluding carboxylic acids is 1. The van der Waals surface area contributed by atoms with Gasteiger partial charge in [0.05, 0.1) is 13.4 Å². The Morgan fingerprint density at radius 1 is 1.19 bits per heavy atom. The second-order valence-electron chi connectivity index (χ2n) is 6.96. The maximum absolute atomic E-state index is 12.1. The number of nitrogens with zero attached hydrogens (tertiary/aromatic N) is 1. The third-order valence-electron chi connectivity index (χ3n) is 4.88. The average Bonchev–Trinajstić information content (AvgIpc) is 2.64. The van der Waals surface area contributed by atoms with E-state index >= 15 is 0 Å². The number of urea groups is 1. The summed E-state index contributed by atoms with van der Waals surface area (Å²) in [5, 5.41) is 5.74. The molecule has 1 fully saturated rings. The highest BCUT2D eigenvalue weighted by molar-refractivity contribution is 7.88. The smallest absolute Gasteiger partial charge is 0.315 e. The van der Waals surface area contributed by atoms with E-state index in [2.05, 4.69) is 10.6 Å². The Labute approximate surface area is 162 Å². The first-order valence-corrected chi connectivity index (χ1v) is 11.4. The maximum Gasteiger partial charge on any atom is 0.315 e. The predicted molar refractivity (Wildman–Crippen MR) is 107 cm³/mol. The molecule has 7 nitrogen and oxygen atoms in total. The Balaban J connectivity index is 1.81. The van der Waals surface area contributed by atoms with Crippen molar-refractivity contribution < 1.29 is 17.9 Å². The number of nitrogens with one attached hydrogen (secondary N) is 2. The monoisotopic (exact) mass is 397 g/mol. The summed E-state index contributed by atoms with van der Waals surface area (Å²) in [6, 6.07) is 7.58. The number of benzene rings is 1. The second-order valence-corrected chi connectivity index (χ2v) is 8.94. The largest absolute Gasteiger partial charge is 0.496 e. The molecule has 0 aliphatic heterocycles. The van der Waals surface area contributed by atoms with Crippen LogP contribution in [0.1, 0.15) is 37.7 Å². The van der Waals surface area contributed by atoms with Gasteiger partial charge < -0.3 is 15.4 Å². The molecule has 0 atom stereocenters. The minimum absolute atomic E-state index is 0.222. The van der Waals surface area contributed by atoms with Crippen LogP contribution in [0.3, 0.4) is 0 Å². The van der Waals surface area contributed by atoms with Crippen LogP contribution in [-0.4, -0.2) is 57.8 Å². The number of rotatable bonds is 9. The molecule has 8 heteroatoms. The normalized spacial score (nSPS) is 15.5. The van der Waals surface area contributed by atoms with Crippen LogP contribution in [0.5, 0.6) is 5.75 Å². The zero-order valence-corrected chi connectivity index (χ0v) is 17.1. The van der Waals surface area contributed by atoms with Crippen LogP contribution in [0.2, 0.25) is 0 Å². The molecule has 0 aromatic heterocycles. The summed E-state index contributed by atoms with van der Waals surface area (Å²) in [7, 11) is -1.76. The number of hydrogen-bond acceptors (Lipinski definition) is 4. The lowest BCUT2D eigenvalue weighted by molar-refractivity contribution is 0.231. The number of hydrogen-bond donors (Lipinski definition) is 2. The summed E-state index contributed by atoms with van der Waals surface area (Å²) < 4.78 is 30.8. The average molecular weight is 398 g/mol. The molecular weight excluding hydrogens is 366 g/mol. The van der Waals surface area contributed by atoms with Crippen LogP contribution in [0.4, 0.5) is 4.79 Å². The van der Waals surface area contributed by atoms with E-state index in [-0.39, 0.29) is 25.2 Å². The van der Waals surface area contributed by atoms with E-state index in [4.69, 9.17) is 4.74 Å². The summed E-state index contributed by atoms with van der Waals surface area (Å²) in [6.45, 7) is 0.856. The molecule has 0 unspecified atom stereocenters. The number of para-hydroxylation sites is 1. The zero-order chi connectivity index (χ0) is 19.7. The predicted octanol–water partition coefficient (Wildman–Crippen LogP) is 2.13. The Morgan fingerprint density at radius 3 is 2.56 bits per heavy atom. The highest BCUT2D eigenvalue weighted by Crippen LogP contribution is 2.18.